The van der Waals surface area contributed by atoms with Crippen molar-refractivity contribution in [2.75, 3.05) is 12.0 Å². The van der Waals surface area contributed by atoms with Gasteiger partial charge in [-0.3, -0.25) is 15.1 Å². The number of benzene rings is 2. The van der Waals surface area contributed by atoms with Crippen LogP contribution in [0.25, 0.3) is 5.69 Å². The minimum Gasteiger partial charge on any atom is -0.496 e. The molecule has 2 unspecified atom stereocenters. The molecular weight excluding hydrogens is 550 g/mol. The minimum atomic E-state index is -0.374. The number of nitrogens with one attached hydrogen (secondary N) is 1. The number of nitrogens with zero attached hydrogens (tertiary/aromatic N) is 4. The minimum absolute atomic E-state index is 0.0289. The fourth-order valence-corrected chi connectivity index (χ4v) is 6.60. The molecule has 1 saturated carbocycles. The van der Waals surface area contributed by atoms with Gasteiger partial charge in [-0.05, 0) is 112 Å². The van der Waals surface area contributed by atoms with E-state index in [2.05, 4.69) is 21.3 Å². The van der Waals surface area contributed by atoms with Crippen molar-refractivity contribution in [2.45, 2.75) is 57.7 Å². The van der Waals surface area contributed by atoms with Gasteiger partial charge in [-0.25, -0.2) is 0 Å². The highest BCUT2D eigenvalue weighted by Crippen LogP contribution is 2.44. The van der Waals surface area contributed by atoms with Crippen LogP contribution in [0.1, 0.15) is 60.4 Å². The van der Waals surface area contributed by atoms with Crippen molar-refractivity contribution in [1.82, 2.24) is 14.9 Å². The van der Waals surface area contributed by atoms with Gasteiger partial charge in [0.05, 0.1) is 42.0 Å². The molecule has 2 fully saturated rings. The topological polar surface area (TPSA) is 94.7 Å². The Balaban J connectivity index is 1.44. The molecule has 4 aromatic rings. The highest BCUT2D eigenvalue weighted by molar-refractivity contribution is 7.80. The smallest absolute Gasteiger partial charge is 0.296 e. The predicted molar refractivity (Wildman–Crippen MR) is 166 cm³/mol. The van der Waals surface area contributed by atoms with E-state index in [-0.39, 0.29) is 28.8 Å². The molecule has 1 aliphatic heterocycles. The Morgan fingerprint density at radius 3 is 2.43 bits per heavy atom. The number of ether oxygens (including phenoxy) is 2. The van der Waals surface area contributed by atoms with Crippen LogP contribution in [0, 0.1) is 24.0 Å². The highest BCUT2D eigenvalue weighted by atomic mass is 32.1. The number of rotatable bonds is 8. The van der Waals surface area contributed by atoms with E-state index in [0.29, 0.717) is 16.5 Å². The normalized spacial score (nSPS) is 18.7. The summed E-state index contributed by atoms with van der Waals surface area (Å²) < 4.78 is 13.4. The van der Waals surface area contributed by atoms with Crippen molar-refractivity contribution < 1.29 is 14.4 Å². The van der Waals surface area contributed by atoms with Crippen molar-refractivity contribution in [1.29, 1.82) is 0 Å². The number of nitro groups is 1. The van der Waals surface area contributed by atoms with Gasteiger partial charge >= 0.3 is 0 Å². The van der Waals surface area contributed by atoms with Gasteiger partial charge in [0, 0.05) is 23.3 Å². The fraction of sp³-hybridized carbons (Fsp3) is 0.312. The summed E-state index contributed by atoms with van der Waals surface area (Å²) in [6.07, 6.45) is 6.67. The van der Waals surface area contributed by atoms with Gasteiger partial charge in [0.2, 0.25) is 0 Å². The summed E-state index contributed by atoms with van der Waals surface area (Å²) in [5.41, 5.74) is 4.97. The van der Waals surface area contributed by atoms with Gasteiger partial charge in [-0.1, -0.05) is 6.07 Å². The van der Waals surface area contributed by atoms with E-state index in [1.165, 1.54) is 26.0 Å². The number of aromatic nitrogens is 2. The molecule has 0 spiro atoms. The zero-order valence-corrected chi connectivity index (χ0v) is 24.6. The van der Waals surface area contributed by atoms with Crippen LogP contribution in [-0.2, 0) is 0 Å². The molecule has 2 aromatic carbocycles. The summed E-state index contributed by atoms with van der Waals surface area (Å²) in [5.74, 6) is 1.28. The summed E-state index contributed by atoms with van der Waals surface area (Å²) in [4.78, 5) is 18.5. The third-order valence-corrected chi connectivity index (χ3v) is 8.54. The highest BCUT2D eigenvalue weighted by Gasteiger charge is 2.42. The van der Waals surface area contributed by atoms with Gasteiger partial charge < -0.3 is 24.3 Å². The summed E-state index contributed by atoms with van der Waals surface area (Å²) in [7, 11) is 1.50. The van der Waals surface area contributed by atoms with E-state index < -0.39 is 0 Å². The predicted octanol–water partition coefficient (Wildman–Crippen LogP) is 6.90. The van der Waals surface area contributed by atoms with E-state index in [1.54, 1.807) is 18.3 Å². The first-order valence-electron chi connectivity index (χ1n) is 14.1. The van der Waals surface area contributed by atoms with Gasteiger partial charge in [0.1, 0.15) is 17.2 Å². The second kappa shape index (κ2) is 11.4. The molecule has 6 rings (SSSR count). The Bertz CT molecular complexity index is 1620. The number of methoxy groups -OCH3 is 1. The van der Waals surface area contributed by atoms with Crippen LogP contribution in [0.5, 0.6) is 11.5 Å². The first kappa shape index (κ1) is 27.7. The Kier molecular flexibility index (Phi) is 7.55. The van der Waals surface area contributed by atoms with Crippen molar-refractivity contribution >= 4 is 28.7 Å². The van der Waals surface area contributed by atoms with Crippen molar-refractivity contribution in [3.63, 3.8) is 0 Å². The molecule has 1 saturated heterocycles. The van der Waals surface area contributed by atoms with Crippen LogP contribution < -0.4 is 19.7 Å². The Hall–Kier alpha value is -4.44. The number of nitro benzene ring substituents is 1. The van der Waals surface area contributed by atoms with Gasteiger partial charge in [0.25, 0.3) is 5.69 Å². The van der Waals surface area contributed by atoms with Crippen LogP contribution in [0.4, 0.5) is 11.4 Å². The van der Waals surface area contributed by atoms with Crippen LogP contribution in [-0.4, -0.2) is 32.8 Å². The van der Waals surface area contributed by atoms with Crippen molar-refractivity contribution in [3.05, 3.63) is 106 Å². The molecule has 3 heterocycles. The Morgan fingerprint density at radius 2 is 1.76 bits per heavy atom. The molecule has 0 bridgehead atoms. The lowest BCUT2D eigenvalue weighted by atomic mass is 9.96. The molecule has 216 valence electrons. The lowest BCUT2D eigenvalue weighted by molar-refractivity contribution is -0.384. The standard InChI is InChI=1S/C32H33N5O4S/c1-20-18-26(21(2)35(20)28-16-15-25(40-3)19-29(28)37(38)39)31-30(27-10-6-7-17-33-27)34-32(42)36(31)22-11-13-24(14-12-22)41-23-8-4-5-9-23/h6-7,10-19,23,30-31H,4-5,8-9H2,1-3H3,(H,34,42). The molecule has 10 heteroatoms. The Labute approximate surface area is 250 Å². The molecule has 1 N–H and O–H groups in total. The molecule has 1 aliphatic carbocycles. The third kappa shape index (κ3) is 5.07. The van der Waals surface area contributed by atoms with Gasteiger partial charge in [0.15, 0.2) is 5.11 Å². The molecule has 9 nitrogen and oxygen atoms in total. The summed E-state index contributed by atoms with van der Waals surface area (Å²) in [5, 5.41) is 16.2. The quantitative estimate of drug-likeness (QED) is 0.136. The van der Waals surface area contributed by atoms with Crippen LogP contribution in [0.2, 0.25) is 0 Å². The summed E-state index contributed by atoms with van der Waals surface area (Å²) in [6.45, 7) is 3.95. The van der Waals surface area contributed by atoms with E-state index in [4.69, 9.17) is 21.7 Å². The third-order valence-electron chi connectivity index (χ3n) is 8.23. The van der Waals surface area contributed by atoms with E-state index in [1.807, 2.05) is 60.9 Å². The number of hydrogen-bond acceptors (Lipinski definition) is 6. The first-order valence-corrected chi connectivity index (χ1v) is 14.6. The molecule has 2 aliphatic rings. The number of pyridine rings is 1. The zero-order chi connectivity index (χ0) is 29.4. The zero-order valence-electron chi connectivity index (χ0n) is 23.8. The number of aryl methyl sites for hydroxylation is 1. The largest absolute Gasteiger partial charge is 0.496 e. The van der Waals surface area contributed by atoms with Gasteiger partial charge in [-0.2, -0.15) is 0 Å². The molecule has 0 radical (unpaired) electrons. The lowest BCUT2D eigenvalue weighted by Crippen LogP contribution is -2.29. The summed E-state index contributed by atoms with van der Waals surface area (Å²) >= 11 is 5.93. The first-order chi connectivity index (χ1) is 20.4. The SMILES string of the molecule is COc1ccc(-n2c(C)cc(C3C(c4ccccn4)NC(=S)N3c3ccc(OC4CCCC4)cc3)c2C)c([N+](=O)[O-])c1. The van der Waals surface area contributed by atoms with Crippen molar-refractivity contribution in [3.8, 4) is 17.2 Å². The van der Waals surface area contributed by atoms with E-state index >= 15 is 0 Å². The maximum atomic E-state index is 12.1. The molecule has 2 atom stereocenters. The molecular formula is C32H33N5O4S. The van der Waals surface area contributed by atoms with Gasteiger partial charge in [-0.15, -0.1) is 0 Å². The second-order valence-electron chi connectivity index (χ2n) is 10.8. The van der Waals surface area contributed by atoms with E-state index in [0.717, 1.165) is 46.9 Å². The lowest BCUT2D eigenvalue weighted by Gasteiger charge is -2.28. The van der Waals surface area contributed by atoms with Crippen LogP contribution in [0.3, 0.4) is 0 Å². The number of thiocarbonyl (C=S) groups is 1. The summed E-state index contributed by atoms with van der Waals surface area (Å²) in [6, 6.07) is 20.5. The average Bonchev–Trinajstić information content (AvgIpc) is 3.71. The number of anilines is 1. The van der Waals surface area contributed by atoms with Crippen LogP contribution in [0.15, 0.2) is 72.9 Å². The van der Waals surface area contributed by atoms with Crippen LogP contribution >= 0.6 is 12.2 Å². The maximum Gasteiger partial charge on any atom is 0.296 e. The van der Waals surface area contributed by atoms with E-state index in [9.17, 15) is 10.1 Å². The molecule has 0 amide bonds. The molecule has 42 heavy (non-hydrogen) atoms. The fourth-order valence-electron chi connectivity index (χ4n) is 6.26. The monoisotopic (exact) mass is 583 g/mol. The average molecular weight is 584 g/mol. The molecule has 2 aromatic heterocycles. The van der Waals surface area contributed by atoms with Crippen molar-refractivity contribution in [2.24, 2.45) is 0 Å². The number of hydrogen-bond donors (Lipinski definition) is 1. The maximum absolute atomic E-state index is 12.1. The second-order valence-corrected chi connectivity index (χ2v) is 11.2. The Morgan fingerprint density at radius 1 is 1.02 bits per heavy atom.